The molecule has 0 aromatic heterocycles. The highest BCUT2D eigenvalue weighted by Gasteiger charge is 2.35. The standard InChI is InChI=1S/C36H37FIN3O4S/c37-33-19-11-10-14-28(33)25-40(34(24-27-12-4-1-5-13-27)36(43)39-30-15-6-2-7-16-30)35(42)26-41(31-22-20-29(38)21-23-31)46(44,45)32-17-8-3-9-18-32/h1,3-5,8-14,17-23,30,34H,2,6-7,15-16,24-26H2,(H,39,43). The van der Waals surface area contributed by atoms with Gasteiger partial charge in [0.05, 0.1) is 10.6 Å². The molecule has 240 valence electrons. The highest BCUT2D eigenvalue weighted by molar-refractivity contribution is 14.1. The number of benzene rings is 4. The molecule has 46 heavy (non-hydrogen) atoms. The van der Waals surface area contributed by atoms with E-state index in [1.807, 2.05) is 30.3 Å². The van der Waals surface area contributed by atoms with Crippen molar-refractivity contribution in [2.24, 2.45) is 0 Å². The minimum atomic E-state index is -4.20. The molecule has 7 nitrogen and oxygen atoms in total. The lowest BCUT2D eigenvalue weighted by atomic mass is 9.94. The normalized spacial score (nSPS) is 14.3. The second-order valence-electron chi connectivity index (χ2n) is 11.5. The average Bonchev–Trinajstić information content (AvgIpc) is 3.07. The van der Waals surface area contributed by atoms with E-state index in [4.69, 9.17) is 0 Å². The first-order valence-electron chi connectivity index (χ1n) is 15.4. The van der Waals surface area contributed by atoms with E-state index in [0.29, 0.717) is 5.69 Å². The van der Waals surface area contributed by atoms with Gasteiger partial charge in [-0.05, 0) is 83.5 Å². The summed E-state index contributed by atoms with van der Waals surface area (Å²) in [5.74, 6) is -1.48. The second-order valence-corrected chi connectivity index (χ2v) is 14.6. The van der Waals surface area contributed by atoms with E-state index >= 15 is 4.39 Å². The quantitative estimate of drug-likeness (QED) is 0.163. The summed E-state index contributed by atoms with van der Waals surface area (Å²) in [7, 11) is -4.20. The van der Waals surface area contributed by atoms with Gasteiger partial charge in [-0.15, -0.1) is 0 Å². The number of halogens is 2. The summed E-state index contributed by atoms with van der Waals surface area (Å²) in [5.41, 5.74) is 1.35. The third-order valence-electron chi connectivity index (χ3n) is 8.25. The predicted octanol–water partition coefficient (Wildman–Crippen LogP) is 6.71. The van der Waals surface area contributed by atoms with E-state index in [1.165, 1.54) is 23.1 Å². The lowest BCUT2D eigenvalue weighted by Gasteiger charge is -2.35. The largest absolute Gasteiger partial charge is 0.352 e. The molecule has 2 amide bonds. The monoisotopic (exact) mass is 753 g/mol. The molecular weight excluding hydrogens is 716 g/mol. The van der Waals surface area contributed by atoms with Gasteiger partial charge in [0.1, 0.15) is 18.4 Å². The van der Waals surface area contributed by atoms with E-state index in [-0.39, 0.29) is 35.4 Å². The van der Waals surface area contributed by atoms with Gasteiger partial charge in [-0.2, -0.15) is 0 Å². The number of hydrogen-bond donors (Lipinski definition) is 1. The van der Waals surface area contributed by atoms with Gasteiger partial charge < -0.3 is 10.2 Å². The summed E-state index contributed by atoms with van der Waals surface area (Å²) in [5, 5.41) is 3.16. The van der Waals surface area contributed by atoms with Crippen molar-refractivity contribution in [2.45, 2.75) is 62.0 Å². The summed E-state index contributed by atoms with van der Waals surface area (Å²) < 4.78 is 45.2. The first-order chi connectivity index (χ1) is 22.2. The summed E-state index contributed by atoms with van der Waals surface area (Å²) in [6, 6.07) is 29.2. The molecule has 1 fully saturated rings. The van der Waals surface area contributed by atoms with Crippen molar-refractivity contribution in [2.75, 3.05) is 10.8 Å². The number of rotatable bonds is 12. The topological polar surface area (TPSA) is 86.8 Å². The highest BCUT2D eigenvalue weighted by Crippen LogP contribution is 2.26. The van der Waals surface area contributed by atoms with Crippen LogP contribution < -0.4 is 9.62 Å². The smallest absolute Gasteiger partial charge is 0.264 e. The molecule has 0 radical (unpaired) electrons. The summed E-state index contributed by atoms with van der Waals surface area (Å²) in [6.07, 6.45) is 5.00. The first kappa shape index (κ1) is 33.6. The van der Waals surface area contributed by atoms with Gasteiger partial charge in [-0.3, -0.25) is 13.9 Å². The molecule has 10 heteroatoms. The maximum absolute atomic E-state index is 15.1. The molecular formula is C36H37FIN3O4S. The van der Waals surface area contributed by atoms with Crippen LogP contribution in [0.15, 0.2) is 114 Å². The fourth-order valence-electron chi connectivity index (χ4n) is 5.76. The minimum absolute atomic E-state index is 0.0216. The Hall–Kier alpha value is -3.77. The van der Waals surface area contributed by atoms with Crippen molar-refractivity contribution in [3.8, 4) is 0 Å². The third-order valence-corrected chi connectivity index (χ3v) is 10.8. The van der Waals surface area contributed by atoms with E-state index in [0.717, 1.165) is 45.5 Å². The van der Waals surface area contributed by atoms with Crippen molar-refractivity contribution < 1.29 is 22.4 Å². The van der Waals surface area contributed by atoms with Crippen LogP contribution in [0.25, 0.3) is 0 Å². The zero-order valence-electron chi connectivity index (χ0n) is 25.4. The molecule has 0 bridgehead atoms. The lowest BCUT2D eigenvalue weighted by molar-refractivity contribution is -0.140. The van der Waals surface area contributed by atoms with Crippen molar-refractivity contribution in [1.82, 2.24) is 10.2 Å². The summed E-state index contributed by atoms with van der Waals surface area (Å²) in [4.78, 5) is 30.0. The Labute approximate surface area is 284 Å². The molecule has 4 aromatic rings. The van der Waals surface area contributed by atoms with Gasteiger partial charge in [0.2, 0.25) is 11.8 Å². The van der Waals surface area contributed by atoms with Gasteiger partial charge in [-0.25, -0.2) is 12.8 Å². The van der Waals surface area contributed by atoms with Crippen molar-refractivity contribution in [1.29, 1.82) is 0 Å². The van der Waals surface area contributed by atoms with Crippen LogP contribution >= 0.6 is 22.6 Å². The summed E-state index contributed by atoms with van der Waals surface area (Å²) >= 11 is 2.13. The SMILES string of the molecule is O=C(NC1CCCCC1)C(Cc1ccccc1)N(Cc1ccccc1F)C(=O)CN(c1ccc(I)cc1)S(=O)(=O)c1ccccc1. The molecule has 4 aromatic carbocycles. The van der Waals surface area contributed by atoms with E-state index in [1.54, 1.807) is 60.7 Å². The molecule has 1 atom stereocenters. The first-order valence-corrected chi connectivity index (χ1v) is 17.9. The third kappa shape index (κ3) is 8.52. The van der Waals surface area contributed by atoms with Crippen LogP contribution in [0.5, 0.6) is 0 Å². The Morgan fingerprint density at radius 3 is 2.09 bits per heavy atom. The molecule has 0 aliphatic heterocycles. The molecule has 1 aliphatic rings. The van der Waals surface area contributed by atoms with Crippen molar-refractivity contribution >= 4 is 50.1 Å². The molecule has 1 aliphatic carbocycles. The van der Waals surface area contributed by atoms with Crippen LogP contribution in [-0.2, 0) is 32.6 Å². The number of sulfonamides is 1. The zero-order chi connectivity index (χ0) is 32.5. The Morgan fingerprint density at radius 1 is 0.826 bits per heavy atom. The second kappa shape index (κ2) is 15.7. The maximum atomic E-state index is 15.1. The Bertz CT molecular complexity index is 1720. The fourth-order valence-corrected chi connectivity index (χ4v) is 7.56. The number of anilines is 1. The van der Waals surface area contributed by atoms with Crippen LogP contribution in [0, 0.1) is 9.39 Å². The van der Waals surface area contributed by atoms with Crippen molar-refractivity contribution in [3.05, 3.63) is 130 Å². The molecule has 1 saturated carbocycles. The Kier molecular flexibility index (Phi) is 11.5. The zero-order valence-corrected chi connectivity index (χ0v) is 28.4. The van der Waals surface area contributed by atoms with E-state index < -0.39 is 34.3 Å². The van der Waals surface area contributed by atoms with Gasteiger partial charge in [-0.1, -0.05) is 86.0 Å². The van der Waals surface area contributed by atoms with Crippen LogP contribution in [0.1, 0.15) is 43.2 Å². The molecule has 1 N–H and O–H groups in total. The van der Waals surface area contributed by atoms with Crippen molar-refractivity contribution in [3.63, 3.8) is 0 Å². The van der Waals surface area contributed by atoms with E-state index in [9.17, 15) is 18.0 Å². The molecule has 0 saturated heterocycles. The van der Waals surface area contributed by atoms with E-state index in [2.05, 4.69) is 27.9 Å². The van der Waals surface area contributed by atoms with Gasteiger partial charge >= 0.3 is 0 Å². The van der Waals surface area contributed by atoms with Crippen LogP contribution in [0.3, 0.4) is 0 Å². The number of carbonyl (C=O) groups is 2. The van der Waals surface area contributed by atoms with Crippen LogP contribution in [0.4, 0.5) is 10.1 Å². The minimum Gasteiger partial charge on any atom is -0.352 e. The predicted molar refractivity (Wildman–Crippen MR) is 186 cm³/mol. The maximum Gasteiger partial charge on any atom is 0.264 e. The average molecular weight is 754 g/mol. The van der Waals surface area contributed by atoms with Gasteiger partial charge in [0.15, 0.2) is 0 Å². The van der Waals surface area contributed by atoms with Gasteiger partial charge in [0.25, 0.3) is 10.0 Å². The van der Waals surface area contributed by atoms with Crippen LogP contribution in [-0.4, -0.2) is 43.8 Å². The molecule has 0 spiro atoms. The fraction of sp³-hybridized carbons (Fsp3) is 0.278. The Balaban J connectivity index is 1.56. The summed E-state index contributed by atoms with van der Waals surface area (Å²) in [6.45, 7) is -0.804. The van der Waals surface area contributed by atoms with Gasteiger partial charge in [0, 0.05) is 28.1 Å². The number of carbonyl (C=O) groups excluding carboxylic acids is 2. The number of nitrogens with one attached hydrogen (secondary N) is 1. The molecule has 0 heterocycles. The number of hydrogen-bond acceptors (Lipinski definition) is 4. The molecule has 5 rings (SSSR count). The van der Waals surface area contributed by atoms with Crippen LogP contribution in [0.2, 0.25) is 0 Å². The molecule has 1 unspecified atom stereocenters. The lowest BCUT2D eigenvalue weighted by Crippen LogP contribution is -2.55. The highest BCUT2D eigenvalue weighted by atomic mass is 127. The Morgan fingerprint density at radius 2 is 1.43 bits per heavy atom. The number of nitrogens with zero attached hydrogens (tertiary/aromatic N) is 2. The number of amides is 2.